The van der Waals surface area contributed by atoms with Crippen LogP contribution in [0.5, 0.6) is 11.8 Å². The van der Waals surface area contributed by atoms with Crippen molar-refractivity contribution < 1.29 is 36.2 Å². The van der Waals surface area contributed by atoms with Gasteiger partial charge in [0, 0.05) is 65.7 Å². The number of likely N-dealkylation sites (tertiary alicyclic amines) is 1. The molecule has 2 aliphatic heterocycles. The van der Waals surface area contributed by atoms with Crippen molar-refractivity contribution in [3.05, 3.63) is 82.7 Å². The first-order valence-corrected chi connectivity index (χ1v) is 16.2. The molecule has 11 nitrogen and oxygen atoms in total. The quantitative estimate of drug-likeness (QED) is 0.113. The monoisotopic (exact) mass is 728 g/mol. The Kier molecular flexibility index (Phi) is 10.5. The van der Waals surface area contributed by atoms with Crippen LogP contribution in [0.15, 0.2) is 54.7 Å². The Morgan fingerprint density at radius 1 is 1.12 bits per heavy atom. The van der Waals surface area contributed by atoms with Gasteiger partial charge in [0.25, 0.3) is 5.91 Å². The zero-order chi connectivity index (χ0) is 36.3. The number of ether oxygens (including phenoxy) is 2. The lowest BCUT2D eigenvalue weighted by Crippen LogP contribution is -2.56. The van der Waals surface area contributed by atoms with Crippen LogP contribution in [0.1, 0.15) is 18.5 Å². The van der Waals surface area contributed by atoms with E-state index in [1.165, 1.54) is 41.7 Å². The molecular weight excluding hydrogens is 699 g/mol. The minimum absolute atomic E-state index is 0.0173. The summed E-state index contributed by atoms with van der Waals surface area (Å²) in [6.45, 7) is 8.52. The molecule has 266 valence electrons. The van der Waals surface area contributed by atoms with E-state index >= 15 is 8.78 Å². The lowest BCUT2D eigenvalue weighted by Gasteiger charge is -2.39. The van der Waals surface area contributed by atoms with Crippen molar-refractivity contribution in [3.63, 3.8) is 0 Å². The highest BCUT2D eigenvalue weighted by Gasteiger charge is 2.36. The topological polar surface area (TPSA) is 101 Å². The van der Waals surface area contributed by atoms with Crippen molar-refractivity contribution in [2.45, 2.75) is 31.3 Å². The van der Waals surface area contributed by atoms with Crippen LogP contribution in [0.2, 0.25) is 5.02 Å². The summed E-state index contributed by atoms with van der Waals surface area (Å²) >= 11 is 6.11. The predicted molar refractivity (Wildman–Crippen MR) is 178 cm³/mol. The number of aromatic nitrogens is 4. The molecule has 4 heterocycles. The van der Waals surface area contributed by atoms with E-state index in [4.69, 9.17) is 22.9 Å². The van der Waals surface area contributed by atoms with Gasteiger partial charge < -0.3 is 29.0 Å². The number of anilines is 1. The molecule has 17 heteroatoms. The van der Waals surface area contributed by atoms with Crippen molar-refractivity contribution >= 4 is 40.3 Å². The number of benzene rings is 2. The van der Waals surface area contributed by atoms with Crippen molar-refractivity contribution in [1.82, 2.24) is 29.7 Å². The largest absolute Gasteiger partial charge is 0.573 e. The molecule has 2 saturated heterocycles. The van der Waals surface area contributed by atoms with Gasteiger partial charge >= 0.3 is 12.4 Å². The zero-order valence-corrected chi connectivity index (χ0v) is 27.8. The molecule has 0 spiro atoms. The fourth-order valence-corrected chi connectivity index (χ4v) is 6.39. The highest BCUT2D eigenvalue weighted by atomic mass is 35.5. The summed E-state index contributed by atoms with van der Waals surface area (Å²) in [5, 5.41) is 0.241. The molecule has 2 atom stereocenters. The van der Waals surface area contributed by atoms with Gasteiger partial charge in [0.05, 0.1) is 11.9 Å². The molecule has 2 aromatic carbocycles. The number of halogens is 6. The SMILES string of the molecule is [C-]#[N+]C[C@H]1CN(c2nc(OC[C@@H]3CCCN3C)nc3c(F)c(-c4cc(Cl)ccc4OC(F)(F)F)ccc23)CCN1C(=O)/C(F)=C/c1cnccn1. The highest BCUT2D eigenvalue weighted by Crippen LogP contribution is 2.40. The number of alkyl halides is 3. The van der Waals surface area contributed by atoms with Crippen LogP contribution >= 0.6 is 11.6 Å². The first kappa shape index (κ1) is 35.7. The molecule has 0 N–H and O–H groups in total. The maximum absolute atomic E-state index is 16.6. The number of carbonyl (C=O) groups is 1. The normalized spacial score (nSPS) is 18.6. The number of carbonyl (C=O) groups excluding carboxylic acids is 1. The third-order valence-corrected chi connectivity index (χ3v) is 8.94. The van der Waals surface area contributed by atoms with Gasteiger partial charge in [0.15, 0.2) is 11.6 Å². The number of likely N-dealkylation sites (N-methyl/N-ethyl adjacent to an activating group) is 1. The van der Waals surface area contributed by atoms with Crippen LogP contribution in [0, 0.1) is 12.4 Å². The van der Waals surface area contributed by atoms with E-state index in [0.717, 1.165) is 37.6 Å². The summed E-state index contributed by atoms with van der Waals surface area (Å²) in [5.74, 6) is -3.45. The van der Waals surface area contributed by atoms with Gasteiger partial charge in [0.2, 0.25) is 6.54 Å². The average Bonchev–Trinajstić information content (AvgIpc) is 3.52. The smallest absolute Gasteiger partial charge is 0.462 e. The van der Waals surface area contributed by atoms with Crippen LogP contribution in [0.3, 0.4) is 0 Å². The Labute approximate surface area is 294 Å². The number of piperazine rings is 1. The minimum atomic E-state index is -5.06. The van der Waals surface area contributed by atoms with Crippen LogP contribution < -0.4 is 14.4 Å². The molecule has 2 aromatic heterocycles. The van der Waals surface area contributed by atoms with Crippen molar-refractivity contribution in [2.75, 3.05) is 51.3 Å². The summed E-state index contributed by atoms with van der Waals surface area (Å²) in [4.78, 5) is 38.6. The van der Waals surface area contributed by atoms with Gasteiger partial charge in [-0.25, -0.2) is 15.4 Å². The van der Waals surface area contributed by atoms with Crippen LogP contribution in [0.4, 0.5) is 27.8 Å². The molecule has 0 aliphatic carbocycles. The summed E-state index contributed by atoms with van der Waals surface area (Å²) < 4.78 is 81.7. The molecule has 4 aromatic rings. The van der Waals surface area contributed by atoms with Gasteiger partial charge in [-0.3, -0.25) is 14.8 Å². The van der Waals surface area contributed by atoms with Gasteiger partial charge in [-0.05, 0) is 50.7 Å². The Hall–Kier alpha value is -5.14. The first-order valence-electron chi connectivity index (χ1n) is 15.8. The maximum Gasteiger partial charge on any atom is 0.573 e. The average molecular weight is 729 g/mol. The zero-order valence-electron chi connectivity index (χ0n) is 27.1. The Bertz CT molecular complexity index is 2000. The van der Waals surface area contributed by atoms with Crippen molar-refractivity contribution in [1.29, 1.82) is 0 Å². The molecule has 0 unspecified atom stereocenters. The second-order valence-corrected chi connectivity index (χ2v) is 12.4. The van der Waals surface area contributed by atoms with E-state index in [1.54, 1.807) is 4.90 Å². The highest BCUT2D eigenvalue weighted by molar-refractivity contribution is 6.31. The predicted octanol–water partition coefficient (Wildman–Crippen LogP) is 6.20. The molecule has 2 aliphatic rings. The third kappa shape index (κ3) is 8.10. The molecule has 0 bridgehead atoms. The molecule has 0 saturated carbocycles. The molecule has 51 heavy (non-hydrogen) atoms. The summed E-state index contributed by atoms with van der Waals surface area (Å²) in [6.07, 6.45) is 1.80. The number of hydrogen-bond donors (Lipinski definition) is 0. The summed E-state index contributed by atoms with van der Waals surface area (Å²) in [6, 6.07) is 5.17. The Morgan fingerprint density at radius 3 is 2.65 bits per heavy atom. The Balaban J connectivity index is 1.38. The van der Waals surface area contributed by atoms with E-state index in [2.05, 4.69) is 34.4 Å². The second-order valence-electron chi connectivity index (χ2n) is 12.0. The third-order valence-electron chi connectivity index (χ3n) is 8.71. The van der Waals surface area contributed by atoms with Gasteiger partial charge in [-0.2, -0.15) is 9.97 Å². The Morgan fingerprint density at radius 2 is 1.94 bits per heavy atom. The maximum atomic E-state index is 16.6. The lowest BCUT2D eigenvalue weighted by molar-refractivity contribution is -0.274. The first-order chi connectivity index (χ1) is 24.4. The number of rotatable bonds is 9. The lowest BCUT2D eigenvalue weighted by atomic mass is 10.0. The van der Waals surface area contributed by atoms with Gasteiger partial charge in [-0.1, -0.05) is 17.7 Å². The van der Waals surface area contributed by atoms with Gasteiger partial charge in [-0.15, -0.1) is 13.2 Å². The fraction of sp³-hybridized carbons (Fsp3) is 0.353. The molecular formula is C34H30ClF5N8O3. The molecule has 1 amide bonds. The van der Waals surface area contributed by atoms with Crippen LogP contribution in [-0.4, -0.2) is 100 Å². The molecule has 0 radical (unpaired) electrons. The molecule has 2 fully saturated rings. The minimum Gasteiger partial charge on any atom is -0.462 e. The second kappa shape index (κ2) is 15.0. The van der Waals surface area contributed by atoms with E-state index in [0.29, 0.717) is 0 Å². The van der Waals surface area contributed by atoms with Crippen molar-refractivity contribution in [3.8, 4) is 22.9 Å². The van der Waals surface area contributed by atoms with Crippen LogP contribution in [0.25, 0.3) is 33.0 Å². The van der Waals surface area contributed by atoms with E-state index < -0.39 is 35.7 Å². The van der Waals surface area contributed by atoms with Crippen LogP contribution in [-0.2, 0) is 4.79 Å². The van der Waals surface area contributed by atoms with E-state index in [9.17, 15) is 18.0 Å². The number of fused-ring (bicyclic) bond motifs is 1. The molecule has 6 rings (SSSR count). The number of nitrogens with zero attached hydrogens (tertiary/aromatic N) is 8. The fourth-order valence-electron chi connectivity index (χ4n) is 6.22. The standard InChI is InChI=1S/C34H30ClF5N8O3/c1-41-17-23-18-47(12-13-48(23)32(49)27(36)15-21-16-42-9-10-43-21)31-25-7-6-24(26-14-20(35)5-8-28(26)51-34(38,39)40)29(37)30(25)44-33(45-31)50-19-22-4-3-11-46(22)2/h5-10,14-16,22-23H,3-4,11-13,17-19H2,2H3/b27-15-/t22-,23-/m0/s1. The summed E-state index contributed by atoms with van der Waals surface area (Å²) in [7, 11) is 1.95. The number of amides is 1. The van der Waals surface area contributed by atoms with Crippen molar-refractivity contribution in [2.24, 2.45) is 0 Å². The van der Waals surface area contributed by atoms with E-state index in [-0.39, 0.29) is 83.4 Å². The van der Waals surface area contributed by atoms with E-state index in [1.807, 2.05) is 7.05 Å². The summed E-state index contributed by atoms with van der Waals surface area (Å²) in [5.41, 5.74) is -0.621. The van der Waals surface area contributed by atoms with Gasteiger partial charge in [0.1, 0.15) is 29.7 Å². The number of hydrogen-bond acceptors (Lipinski definition) is 9.